The molecular formula is C14H22N8O2S. The summed E-state index contributed by atoms with van der Waals surface area (Å²) in [4.78, 5) is 24.5. The molecule has 2 aromatic heterocycles. The SMILES string of the molecule is CSCc1noc(CNC(=O)N2CCN(CCn3cncn3)CC2)n1. The molecule has 1 aliphatic rings. The van der Waals surface area contributed by atoms with Gasteiger partial charge in [0.15, 0.2) is 5.82 Å². The van der Waals surface area contributed by atoms with E-state index in [1.165, 1.54) is 6.33 Å². The van der Waals surface area contributed by atoms with Gasteiger partial charge in [-0.15, -0.1) is 0 Å². The quantitative estimate of drug-likeness (QED) is 0.733. The van der Waals surface area contributed by atoms with E-state index in [0.29, 0.717) is 30.6 Å². The standard InChI is InChI=1S/C14H22N8O2S/c1-25-9-12-18-13(24-19-12)8-16-14(23)21-5-2-20(3-6-21)4-7-22-11-15-10-17-22/h10-11H,2-9H2,1H3,(H,16,23). The van der Waals surface area contributed by atoms with E-state index in [-0.39, 0.29) is 12.6 Å². The molecule has 1 aliphatic heterocycles. The number of piperazine rings is 1. The van der Waals surface area contributed by atoms with Crippen LogP contribution < -0.4 is 5.32 Å². The fourth-order valence-corrected chi connectivity index (χ4v) is 2.95. The zero-order valence-corrected chi connectivity index (χ0v) is 15.0. The van der Waals surface area contributed by atoms with Gasteiger partial charge in [0.05, 0.1) is 18.8 Å². The van der Waals surface area contributed by atoms with Crippen molar-refractivity contribution in [1.82, 2.24) is 40.0 Å². The van der Waals surface area contributed by atoms with Gasteiger partial charge in [0, 0.05) is 32.7 Å². The van der Waals surface area contributed by atoms with Crippen LogP contribution in [0.25, 0.3) is 0 Å². The van der Waals surface area contributed by atoms with Crippen LogP contribution in [-0.4, -0.2) is 79.7 Å². The van der Waals surface area contributed by atoms with Crippen molar-refractivity contribution in [2.75, 3.05) is 39.0 Å². The summed E-state index contributed by atoms with van der Waals surface area (Å²) in [7, 11) is 0. The molecule has 0 saturated carbocycles. The number of carbonyl (C=O) groups excluding carboxylic acids is 1. The van der Waals surface area contributed by atoms with E-state index in [4.69, 9.17) is 4.52 Å². The smallest absolute Gasteiger partial charge is 0.317 e. The molecule has 1 saturated heterocycles. The van der Waals surface area contributed by atoms with Crippen LogP contribution in [0.15, 0.2) is 17.2 Å². The molecule has 0 aromatic carbocycles. The lowest BCUT2D eigenvalue weighted by Gasteiger charge is -2.34. The largest absolute Gasteiger partial charge is 0.337 e. The Bertz CT molecular complexity index is 654. The second kappa shape index (κ2) is 8.81. The van der Waals surface area contributed by atoms with Gasteiger partial charge in [-0.3, -0.25) is 9.58 Å². The van der Waals surface area contributed by atoms with E-state index in [9.17, 15) is 4.79 Å². The summed E-state index contributed by atoms with van der Waals surface area (Å²) >= 11 is 1.62. The number of nitrogens with zero attached hydrogens (tertiary/aromatic N) is 7. The lowest BCUT2D eigenvalue weighted by Crippen LogP contribution is -2.52. The van der Waals surface area contributed by atoms with E-state index in [2.05, 4.69) is 30.4 Å². The van der Waals surface area contributed by atoms with Crippen molar-refractivity contribution in [3.05, 3.63) is 24.4 Å². The second-order valence-corrected chi connectivity index (χ2v) is 6.55. The summed E-state index contributed by atoms with van der Waals surface area (Å²) in [6.07, 6.45) is 5.23. The first-order chi connectivity index (χ1) is 12.2. The minimum atomic E-state index is -0.0967. The van der Waals surface area contributed by atoms with Crippen molar-refractivity contribution in [1.29, 1.82) is 0 Å². The first kappa shape index (κ1) is 17.7. The first-order valence-corrected chi connectivity index (χ1v) is 9.52. The zero-order chi connectivity index (χ0) is 17.5. The summed E-state index contributed by atoms with van der Waals surface area (Å²) in [6, 6.07) is -0.0967. The predicted molar refractivity (Wildman–Crippen MR) is 91.8 cm³/mol. The van der Waals surface area contributed by atoms with Gasteiger partial charge in [-0.2, -0.15) is 21.8 Å². The molecule has 0 unspecified atom stereocenters. The number of hydrogen-bond donors (Lipinski definition) is 1. The molecule has 3 heterocycles. The number of thioether (sulfide) groups is 1. The molecule has 0 atom stereocenters. The molecule has 10 nitrogen and oxygen atoms in total. The third-order valence-corrected chi connectivity index (χ3v) is 4.49. The van der Waals surface area contributed by atoms with Gasteiger partial charge >= 0.3 is 6.03 Å². The Kier molecular flexibility index (Phi) is 6.23. The molecule has 0 aliphatic carbocycles. The summed E-state index contributed by atoms with van der Waals surface area (Å²) in [5.74, 6) is 1.79. The van der Waals surface area contributed by atoms with E-state index >= 15 is 0 Å². The fourth-order valence-electron chi connectivity index (χ4n) is 2.58. The Hall–Kier alpha value is -2.14. The van der Waals surface area contributed by atoms with Crippen LogP contribution in [0.2, 0.25) is 0 Å². The summed E-state index contributed by atoms with van der Waals surface area (Å²) in [5.41, 5.74) is 0. The molecule has 0 spiro atoms. The van der Waals surface area contributed by atoms with Gasteiger partial charge < -0.3 is 14.7 Å². The normalized spacial score (nSPS) is 15.5. The molecule has 2 aromatic rings. The highest BCUT2D eigenvalue weighted by Crippen LogP contribution is 2.06. The van der Waals surface area contributed by atoms with Crippen molar-refractivity contribution in [2.24, 2.45) is 0 Å². The fraction of sp³-hybridized carbons (Fsp3) is 0.643. The minimum absolute atomic E-state index is 0.0967. The van der Waals surface area contributed by atoms with E-state index < -0.39 is 0 Å². The number of carbonyl (C=O) groups is 1. The highest BCUT2D eigenvalue weighted by molar-refractivity contribution is 7.97. The maximum atomic E-state index is 12.2. The number of nitrogens with one attached hydrogen (secondary N) is 1. The molecule has 136 valence electrons. The molecule has 1 fully saturated rings. The molecule has 1 N–H and O–H groups in total. The molecule has 0 bridgehead atoms. The van der Waals surface area contributed by atoms with Gasteiger partial charge in [-0.1, -0.05) is 5.16 Å². The maximum absolute atomic E-state index is 12.2. The summed E-state index contributed by atoms with van der Waals surface area (Å²) in [6.45, 7) is 5.06. The molecule has 3 rings (SSSR count). The molecule has 25 heavy (non-hydrogen) atoms. The first-order valence-electron chi connectivity index (χ1n) is 8.12. The number of amides is 2. The Morgan fingerprint density at radius 3 is 2.88 bits per heavy atom. The maximum Gasteiger partial charge on any atom is 0.317 e. The number of rotatable bonds is 7. The van der Waals surface area contributed by atoms with Crippen LogP contribution in [0.5, 0.6) is 0 Å². The average Bonchev–Trinajstić information content (AvgIpc) is 3.30. The van der Waals surface area contributed by atoms with E-state index in [1.54, 1.807) is 18.1 Å². The van der Waals surface area contributed by atoms with Gasteiger partial charge in [0.2, 0.25) is 5.89 Å². The third kappa shape index (κ3) is 5.16. The van der Waals surface area contributed by atoms with Crippen molar-refractivity contribution < 1.29 is 9.32 Å². The monoisotopic (exact) mass is 366 g/mol. The van der Waals surface area contributed by atoms with Crippen LogP contribution in [0, 0.1) is 0 Å². The van der Waals surface area contributed by atoms with E-state index in [0.717, 1.165) is 26.2 Å². The Morgan fingerprint density at radius 1 is 1.32 bits per heavy atom. The Balaban J connectivity index is 1.36. The van der Waals surface area contributed by atoms with Crippen LogP contribution in [-0.2, 0) is 18.8 Å². The lowest BCUT2D eigenvalue weighted by atomic mass is 10.3. The van der Waals surface area contributed by atoms with Crippen LogP contribution >= 0.6 is 11.8 Å². The van der Waals surface area contributed by atoms with Crippen LogP contribution in [0.4, 0.5) is 4.79 Å². The van der Waals surface area contributed by atoms with Crippen molar-refractivity contribution in [2.45, 2.75) is 18.8 Å². The topological polar surface area (TPSA) is 105 Å². The highest BCUT2D eigenvalue weighted by atomic mass is 32.2. The Morgan fingerprint density at radius 2 is 2.16 bits per heavy atom. The van der Waals surface area contributed by atoms with Gasteiger partial charge in [-0.25, -0.2) is 9.78 Å². The van der Waals surface area contributed by atoms with Crippen LogP contribution in [0.1, 0.15) is 11.7 Å². The minimum Gasteiger partial charge on any atom is -0.337 e. The summed E-state index contributed by atoms with van der Waals surface area (Å²) in [5, 5.41) is 10.8. The van der Waals surface area contributed by atoms with Gasteiger partial charge in [0.25, 0.3) is 0 Å². The summed E-state index contributed by atoms with van der Waals surface area (Å²) < 4.78 is 6.92. The molecule has 2 amide bonds. The second-order valence-electron chi connectivity index (χ2n) is 5.68. The highest BCUT2D eigenvalue weighted by Gasteiger charge is 2.21. The van der Waals surface area contributed by atoms with Crippen LogP contribution in [0.3, 0.4) is 0 Å². The van der Waals surface area contributed by atoms with Gasteiger partial charge in [-0.05, 0) is 6.26 Å². The third-order valence-electron chi connectivity index (χ3n) is 3.95. The van der Waals surface area contributed by atoms with Crippen molar-refractivity contribution >= 4 is 17.8 Å². The van der Waals surface area contributed by atoms with Crippen molar-refractivity contribution in [3.63, 3.8) is 0 Å². The van der Waals surface area contributed by atoms with Gasteiger partial charge in [0.1, 0.15) is 12.7 Å². The predicted octanol–water partition coefficient (Wildman–Crippen LogP) is 0.0515. The number of aromatic nitrogens is 5. The Labute approximate surface area is 149 Å². The molecule has 11 heteroatoms. The average molecular weight is 366 g/mol. The zero-order valence-electron chi connectivity index (χ0n) is 14.2. The molecular weight excluding hydrogens is 344 g/mol. The molecule has 0 radical (unpaired) electrons. The lowest BCUT2D eigenvalue weighted by molar-refractivity contribution is 0.135. The van der Waals surface area contributed by atoms with E-state index in [1.807, 2.05) is 15.8 Å². The number of urea groups is 1. The number of hydrogen-bond acceptors (Lipinski definition) is 8. The van der Waals surface area contributed by atoms with Crippen molar-refractivity contribution in [3.8, 4) is 0 Å².